The lowest BCUT2D eigenvalue weighted by molar-refractivity contribution is -0.118. The summed E-state index contributed by atoms with van der Waals surface area (Å²) in [5.41, 5.74) is 8.60. The zero-order valence-corrected chi connectivity index (χ0v) is 15.2. The van der Waals surface area contributed by atoms with E-state index in [4.69, 9.17) is 5.73 Å². The molecular weight excluding hydrogens is 340 g/mol. The fourth-order valence-electron chi connectivity index (χ4n) is 2.96. The SMILES string of the molecule is Cc1ccccc1N(Cc1ccc2ccccc2n1)C(=O)CCNC(N)=O. The molecule has 1 heterocycles. The molecule has 3 aromatic rings. The van der Waals surface area contributed by atoms with Crippen LogP contribution in [0.2, 0.25) is 0 Å². The Morgan fingerprint density at radius 3 is 2.56 bits per heavy atom. The summed E-state index contributed by atoms with van der Waals surface area (Å²) in [5.74, 6) is -0.104. The molecule has 0 unspecified atom stereocenters. The van der Waals surface area contributed by atoms with Gasteiger partial charge in [-0.3, -0.25) is 9.78 Å². The first-order valence-corrected chi connectivity index (χ1v) is 8.78. The molecule has 6 nitrogen and oxygen atoms in total. The molecule has 2 aromatic carbocycles. The number of pyridine rings is 1. The fraction of sp³-hybridized carbons (Fsp3) is 0.190. The molecule has 27 heavy (non-hydrogen) atoms. The van der Waals surface area contributed by atoms with Crippen molar-refractivity contribution in [3.05, 3.63) is 71.9 Å². The zero-order valence-electron chi connectivity index (χ0n) is 15.2. The summed E-state index contributed by atoms with van der Waals surface area (Å²) in [4.78, 5) is 30.1. The van der Waals surface area contributed by atoms with Crippen molar-refractivity contribution in [2.24, 2.45) is 5.73 Å². The number of nitrogens with two attached hydrogens (primary N) is 1. The van der Waals surface area contributed by atoms with Crippen LogP contribution >= 0.6 is 0 Å². The maximum absolute atomic E-state index is 12.9. The average Bonchev–Trinajstić information content (AvgIpc) is 2.66. The first kappa shape index (κ1) is 18.4. The summed E-state index contributed by atoms with van der Waals surface area (Å²) in [6.07, 6.45) is 0.158. The Hall–Kier alpha value is -3.41. The third-order valence-electron chi connectivity index (χ3n) is 4.32. The van der Waals surface area contributed by atoms with Gasteiger partial charge in [0, 0.05) is 24.0 Å². The minimum absolute atomic E-state index is 0.104. The van der Waals surface area contributed by atoms with E-state index in [1.807, 2.05) is 67.6 Å². The van der Waals surface area contributed by atoms with Crippen molar-refractivity contribution in [1.29, 1.82) is 0 Å². The second-order valence-corrected chi connectivity index (χ2v) is 6.30. The number of aromatic nitrogens is 1. The lowest BCUT2D eigenvalue weighted by Gasteiger charge is -2.24. The number of primary amides is 1. The van der Waals surface area contributed by atoms with Crippen molar-refractivity contribution in [2.45, 2.75) is 19.9 Å². The van der Waals surface area contributed by atoms with E-state index in [1.54, 1.807) is 4.90 Å². The number of benzene rings is 2. The van der Waals surface area contributed by atoms with Crippen molar-refractivity contribution in [1.82, 2.24) is 10.3 Å². The number of aryl methyl sites for hydroxylation is 1. The number of hydrogen-bond donors (Lipinski definition) is 2. The zero-order chi connectivity index (χ0) is 19.2. The minimum atomic E-state index is -0.638. The number of urea groups is 1. The van der Waals surface area contributed by atoms with Crippen LogP contribution in [0.15, 0.2) is 60.7 Å². The number of rotatable bonds is 6. The molecule has 0 aliphatic carbocycles. The van der Waals surface area contributed by atoms with Gasteiger partial charge in [0.1, 0.15) is 0 Å². The number of carbonyl (C=O) groups excluding carboxylic acids is 2. The number of para-hydroxylation sites is 2. The maximum Gasteiger partial charge on any atom is 0.312 e. The monoisotopic (exact) mass is 362 g/mol. The average molecular weight is 362 g/mol. The molecule has 1 aromatic heterocycles. The molecule has 0 aliphatic rings. The van der Waals surface area contributed by atoms with E-state index in [2.05, 4.69) is 10.3 Å². The van der Waals surface area contributed by atoms with Gasteiger partial charge < -0.3 is 16.0 Å². The van der Waals surface area contributed by atoms with Gasteiger partial charge in [-0.05, 0) is 30.7 Å². The summed E-state index contributed by atoms with van der Waals surface area (Å²) in [5, 5.41) is 3.52. The smallest absolute Gasteiger partial charge is 0.312 e. The van der Waals surface area contributed by atoms with Gasteiger partial charge in [-0.1, -0.05) is 42.5 Å². The Morgan fingerprint density at radius 1 is 1.04 bits per heavy atom. The first-order valence-electron chi connectivity index (χ1n) is 8.78. The van der Waals surface area contributed by atoms with E-state index in [0.29, 0.717) is 6.54 Å². The summed E-state index contributed by atoms with van der Waals surface area (Å²) in [7, 11) is 0. The Bertz CT molecular complexity index is 971. The quantitative estimate of drug-likeness (QED) is 0.706. The van der Waals surface area contributed by atoms with Crippen LogP contribution < -0.4 is 16.0 Å². The number of hydrogen-bond acceptors (Lipinski definition) is 3. The van der Waals surface area contributed by atoms with Crippen LogP contribution in [0.5, 0.6) is 0 Å². The van der Waals surface area contributed by atoms with Crippen LogP contribution in [0.4, 0.5) is 10.5 Å². The molecule has 0 atom stereocenters. The van der Waals surface area contributed by atoms with E-state index < -0.39 is 6.03 Å². The molecule has 3 rings (SSSR count). The van der Waals surface area contributed by atoms with Crippen LogP contribution in [-0.4, -0.2) is 23.5 Å². The summed E-state index contributed by atoms with van der Waals surface area (Å²) in [6.45, 7) is 2.51. The predicted octanol–water partition coefficient (Wildman–Crippen LogP) is 3.13. The third kappa shape index (κ3) is 4.61. The molecule has 0 saturated heterocycles. The van der Waals surface area contributed by atoms with Gasteiger partial charge in [0.05, 0.1) is 17.8 Å². The molecule has 3 N–H and O–H groups in total. The van der Waals surface area contributed by atoms with Crippen molar-refractivity contribution >= 4 is 28.5 Å². The largest absolute Gasteiger partial charge is 0.352 e. The second kappa shape index (κ2) is 8.31. The maximum atomic E-state index is 12.9. The van der Waals surface area contributed by atoms with Crippen LogP contribution in [-0.2, 0) is 11.3 Å². The molecule has 0 saturated carbocycles. The number of anilines is 1. The summed E-state index contributed by atoms with van der Waals surface area (Å²) >= 11 is 0. The number of nitrogens with one attached hydrogen (secondary N) is 1. The van der Waals surface area contributed by atoms with Crippen molar-refractivity contribution in [3.63, 3.8) is 0 Å². The van der Waals surface area contributed by atoms with Gasteiger partial charge in [0.2, 0.25) is 5.91 Å². The standard InChI is InChI=1S/C21H22N4O2/c1-15-6-2-5-9-19(15)25(20(26)12-13-23-21(22)27)14-17-11-10-16-7-3-4-8-18(16)24-17/h2-11H,12-14H2,1H3,(H3,22,23,27). The van der Waals surface area contributed by atoms with Gasteiger partial charge >= 0.3 is 6.03 Å². The van der Waals surface area contributed by atoms with Gasteiger partial charge in [-0.25, -0.2) is 4.79 Å². The van der Waals surface area contributed by atoms with Crippen LogP contribution in [0.3, 0.4) is 0 Å². The van der Waals surface area contributed by atoms with Gasteiger partial charge in [0.15, 0.2) is 0 Å². The van der Waals surface area contributed by atoms with Crippen LogP contribution in [0.25, 0.3) is 10.9 Å². The van der Waals surface area contributed by atoms with Gasteiger partial charge in [0.25, 0.3) is 0 Å². The van der Waals surface area contributed by atoms with E-state index in [-0.39, 0.29) is 18.9 Å². The Kier molecular flexibility index (Phi) is 5.66. The van der Waals surface area contributed by atoms with E-state index in [9.17, 15) is 9.59 Å². The second-order valence-electron chi connectivity index (χ2n) is 6.30. The molecule has 0 aliphatic heterocycles. The van der Waals surface area contributed by atoms with E-state index in [0.717, 1.165) is 27.8 Å². The molecule has 3 amide bonds. The topological polar surface area (TPSA) is 88.3 Å². The number of carbonyl (C=O) groups is 2. The lowest BCUT2D eigenvalue weighted by atomic mass is 10.1. The van der Waals surface area contributed by atoms with Crippen LogP contribution in [0.1, 0.15) is 17.7 Å². The van der Waals surface area contributed by atoms with E-state index in [1.165, 1.54) is 0 Å². The van der Waals surface area contributed by atoms with Crippen molar-refractivity contribution in [3.8, 4) is 0 Å². The minimum Gasteiger partial charge on any atom is -0.352 e. The molecular formula is C21H22N4O2. The Balaban J connectivity index is 1.87. The van der Waals surface area contributed by atoms with Gasteiger partial charge in [-0.2, -0.15) is 0 Å². The fourth-order valence-corrected chi connectivity index (χ4v) is 2.96. The van der Waals surface area contributed by atoms with Crippen LogP contribution in [0, 0.1) is 6.92 Å². The molecule has 0 spiro atoms. The Morgan fingerprint density at radius 2 is 1.78 bits per heavy atom. The molecule has 0 fully saturated rings. The van der Waals surface area contributed by atoms with Crippen molar-refractivity contribution < 1.29 is 9.59 Å². The molecule has 138 valence electrons. The molecule has 6 heteroatoms. The summed E-state index contributed by atoms with van der Waals surface area (Å²) in [6, 6.07) is 18.9. The summed E-state index contributed by atoms with van der Waals surface area (Å²) < 4.78 is 0. The highest BCUT2D eigenvalue weighted by Gasteiger charge is 2.18. The highest BCUT2D eigenvalue weighted by atomic mass is 16.2. The molecule has 0 bridgehead atoms. The highest BCUT2D eigenvalue weighted by Crippen LogP contribution is 2.23. The normalized spacial score (nSPS) is 10.6. The van der Waals surface area contributed by atoms with Crippen molar-refractivity contribution in [2.75, 3.05) is 11.4 Å². The third-order valence-corrected chi connectivity index (χ3v) is 4.32. The first-order chi connectivity index (χ1) is 13.0. The van der Waals surface area contributed by atoms with E-state index >= 15 is 0 Å². The lowest BCUT2D eigenvalue weighted by Crippen LogP contribution is -2.36. The highest BCUT2D eigenvalue weighted by molar-refractivity contribution is 5.94. The molecule has 0 radical (unpaired) electrons. The Labute approximate surface area is 158 Å². The number of amides is 3. The number of nitrogens with zero attached hydrogens (tertiary/aromatic N) is 2. The predicted molar refractivity (Wildman–Crippen MR) is 106 cm³/mol. The number of fused-ring (bicyclic) bond motifs is 1. The van der Waals surface area contributed by atoms with Gasteiger partial charge in [-0.15, -0.1) is 0 Å².